The van der Waals surface area contributed by atoms with Gasteiger partial charge in [-0.2, -0.15) is 10.2 Å². The van der Waals surface area contributed by atoms with Gasteiger partial charge in [-0.3, -0.25) is 20.2 Å². The minimum absolute atomic E-state index is 0.0281. The number of aryl methyl sites for hydroxylation is 1. The Hall–Kier alpha value is -3.79. The molecule has 31 heavy (non-hydrogen) atoms. The van der Waals surface area contributed by atoms with Crippen molar-refractivity contribution in [2.24, 2.45) is 5.10 Å². The molecule has 0 saturated heterocycles. The molecule has 0 saturated carbocycles. The average Bonchev–Trinajstić information content (AvgIpc) is 3.02. The molecule has 2 N–H and O–H groups in total. The van der Waals surface area contributed by atoms with E-state index in [1.54, 1.807) is 31.9 Å². The van der Waals surface area contributed by atoms with Gasteiger partial charge >= 0.3 is 5.69 Å². The van der Waals surface area contributed by atoms with Crippen LogP contribution in [-0.4, -0.2) is 33.1 Å². The summed E-state index contributed by atoms with van der Waals surface area (Å²) in [7, 11) is 1.57. The molecule has 0 aliphatic carbocycles. The van der Waals surface area contributed by atoms with Gasteiger partial charge in [-0.1, -0.05) is 18.2 Å². The molecular weight excluding hydrogens is 416 g/mol. The van der Waals surface area contributed by atoms with Crippen LogP contribution < -0.4 is 15.5 Å². The zero-order valence-corrected chi connectivity index (χ0v) is 18.1. The number of nitrogens with zero attached hydrogens (tertiary/aromatic N) is 4. The Kier molecular flexibility index (Phi) is 6.93. The lowest BCUT2D eigenvalue weighted by Crippen LogP contribution is -2.23. The maximum absolute atomic E-state index is 11.3. The van der Waals surface area contributed by atoms with Crippen LogP contribution >= 0.6 is 12.2 Å². The van der Waals surface area contributed by atoms with Crippen molar-refractivity contribution in [1.82, 2.24) is 15.2 Å². The standard InChI is InChI=1S/C21H22N6O3S/c1-14-20(27(28)29)15(2)26(25-14)13-17-11-16(9-10-19(17)30-3)12-22-24-21(31)23-18-7-5-4-6-8-18/h4-12H,13H2,1-3H3,(H2,23,24,31)/b22-12+. The summed E-state index contributed by atoms with van der Waals surface area (Å²) >= 11 is 5.23. The Morgan fingerprint density at radius 3 is 2.68 bits per heavy atom. The second-order valence-corrected chi connectivity index (χ2v) is 7.10. The number of benzene rings is 2. The molecule has 0 aliphatic heterocycles. The fourth-order valence-electron chi connectivity index (χ4n) is 3.12. The molecule has 0 fully saturated rings. The van der Waals surface area contributed by atoms with Gasteiger partial charge in [0.15, 0.2) is 5.11 Å². The van der Waals surface area contributed by atoms with Crippen molar-refractivity contribution in [1.29, 1.82) is 0 Å². The van der Waals surface area contributed by atoms with Gasteiger partial charge in [0.05, 0.1) is 24.8 Å². The molecule has 0 unspecified atom stereocenters. The number of ether oxygens (including phenoxy) is 1. The van der Waals surface area contributed by atoms with Crippen molar-refractivity contribution < 1.29 is 9.66 Å². The van der Waals surface area contributed by atoms with E-state index in [0.717, 1.165) is 16.8 Å². The summed E-state index contributed by atoms with van der Waals surface area (Å²) in [5.41, 5.74) is 6.16. The van der Waals surface area contributed by atoms with E-state index >= 15 is 0 Å². The highest BCUT2D eigenvalue weighted by atomic mass is 32.1. The quantitative estimate of drug-likeness (QED) is 0.250. The van der Waals surface area contributed by atoms with Gasteiger partial charge in [0, 0.05) is 11.3 Å². The van der Waals surface area contributed by atoms with E-state index < -0.39 is 4.92 Å². The first-order chi connectivity index (χ1) is 14.9. The second-order valence-electron chi connectivity index (χ2n) is 6.70. The lowest BCUT2D eigenvalue weighted by atomic mass is 10.1. The highest BCUT2D eigenvalue weighted by Gasteiger charge is 2.22. The van der Waals surface area contributed by atoms with E-state index in [1.165, 1.54) is 0 Å². The van der Waals surface area contributed by atoms with Crippen LogP contribution in [0.4, 0.5) is 11.4 Å². The van der Waals surface area contributed by atoms with E-state index in [1.807, 2.05) is 48.5 Å². The first-order valence-electron chi connectivity index (χ1n) is 9.39. The summed E-state index contributed by atoms with van der Waals surface area (Å²) < 4.78 is 7.04. The number of aromatic nitrogens is 2. The number of nitro groups is 1. The van der Waals surface area contributed by atoms with Gasteiger partial charge in [-0.25, -0.2) is 0 Å². The number of methoxy groups -OCH3 is 1. The third-order valence-corrected chi connectivity index (χ3v) is 4.76. The number of hydrogen-bond acceptors (Lipinski definition) is 6. The van der Waals surface area contributed by atoms with Crippen LogP contribution in [0.1, 0.15) is 22.5 Å². The number of anilines is 1. The van der Waals surface area contributed by atoms with Crippen molar-refractivity contribution in [2.45, 2.75) is 20.4 Å². The summed E-state index contributed by atoms with van der Waals surface area (Å²) in [6.45, 7) is 3.63. The Morgan fingerprint density at radius 1 is 1.29 bits per heavy atom. The maximum atomic E-state index is 11.3. The van der Waals surface area contributed by atoms with Gasteiger partial charge < -0.3 is 10.1 Å². The van der Waals surface area contributed by atoms with Gasteiger partial charge in [0.2, 0.25) is 0 Å². The summed E-state index contributed by atoms with van der Waals surface area (Å²) in [5, 5.41) is 23.1. The Bertz CT molecular complexity index is 1130. The summed E-state index contributed by atoms with van der Waals surface area (Å²) in [4.78, 5) is 10.9. The molecule has 0 atom stereocenters. The second kappa shape index (κ2) is 9.81. The van der Waals surface area contributed by atoms with Crippen molar-refractivity contribution in [3.8, 4) is 5.75 Å². The van der Waals surface area contributed by atoms with Crippen molar-refractivity contribution >= 4 is 34.9 Å². The fourth-order valence-corrected chi connectivity index (χ4v) is 3.29. The SMILES string of the molecule is COc1ccc(/C=N/NC(=S)Nc2ccccc2)cc1Cn1nc(C)c([N+](=O)[O-])c1C. The first-order valence-corrected chi connectivity index (χ1v) is 9.80. The normalized spacial score (nSPS) is 10.8. The third kappa shape index (κ3) is 5.43. The predicted octanol–water partition coefficient (Wildman–Crippen LogP) is 3.79. The fraction of sp³-hybridized carbons (Fsp3) is 0.190. The Morgan fingerprint density at radius 2 is 2.03 bits per heavy atom. The number of nitrogens with one attached hydrogen (secondary N) is 2. The van der Waals surface area contributed by atoms with E-state index in [2.05, 4.69) is 20.9 Å². The lowest BCUT2D eigenvalue weighted by Gasteiger charge is -2.11. The molecule has 0 amide bonds. The molecule has 1 heterocycles. The average molecular weight is 439 g/mol. The Balaban J connectivity index is 1.73. The van der Waals surface area contributed by atoms with Gasteiger partial charge in [-0.05, 0) is 62.0 Å². The monoisotopic (exact) mass is 438 g/mol. The molecule has 0 radical (unpaired) electrons. The van der Waals surface area contributed by atoms with Crippen molar-refractivity contribution in [3.05, 3.63) is 81.2 Å². The molecule has 2 aromatic carbocycles. The van der Waals surface area contributed by atoms with Crippen LogP contribution in [0.5, 0.6) is 5.75 Å². The molecule has 0 bridgehead atoms. The largest absolute Gasteiger partial charge is 0.496 e. The maximum Gasteiger partial charge on any atom is 0.312 e. The van der Waals surface area contributed by atoms with Crippen molar-refractivity contribution in [3.63, 3.8) is 0 Å². The molecule has 0 spiro atoms. The smallest absolute Gasteiger partial charge is 0.312 e. The van der Waals surface area contributed by atoms with Gasteiger partial charge in [0.25, 0.3) is 0 Å². The molecule has 160 valence electrons. The number of para-hydroxylation sites is 1. The molecular formula is C21H22N6O3S. The van der Waals surface area contributed by atoms with Crippen LogP contribution in [0.2, 0.25) is 0 Å². The van der Waals surface area contributed by atoms with E-state index in [9.17, 15) is 10.1 Å². The number of thiocarbonyl (C=S) groups is 1. The number of hydrazone groups is 1. The molecule has 3 aromatic rings. The summed E-state index contributed by atoms with van der Waals surface area (Å²) in [6, 6.07) is 15.1. The molecule has 0 aliphatic rings. The van der Waals surface area contributed by atoms with E-state index in [4.69, 9.17) is 17.0 Å². The van der Waals surface area contributed by atoms with Gasteiger partial charge in [0.1, 0.15) is 17.1 Å². The minimum Gasteiger partial charge on any atom is -0.496 e. The van der Waals surface area contributed by atoms with E-state index in [-0.39, 0.29) is 5.69 Å². The molecule has 10 heteroatoms. The zero-order valence-electron chi connectivity index (χ0n) is 17.3. The van der Waals surface area contributed by atoms with Crippen LogP contribution in [0.25, 0.3) is 0 Å². The molecule has 3 rings (SSSR count). The summed E-state index contributed by atoms with van der Waals surface area (Å²) in [6.07, 6.45) is 1.63. The number of hydrogen-bond donors (Lipinski definition) is 2. The first kappa shape index (κ1) is 21.9. The Labute approximate surface area is 184 Å². The predicted molar refractivity (Wildman–Crippen MR) is 124 cm³/mol. The van der Waals surface area contributed by atoms with Gasteiger partial charge in [-0.15, -0.1) is 0 Å². The van der Waals surface area contributed by atoms with Crippen LogP contribution in [-0.2, 0) is 6.54 Å². The highest BCUT2D eigenvalue weighted by Crippen LogP contribution is 2.25. The zero-order chi connectivity index (χ0) is 22.4. The van der Waals surface area contributed by atoms with E-state index in [0.29, 0.717) is 28.8 Å². The number of rotatable bonds is 7. The topological polar surface area (TPSA) is 107 Å². The molecule has 9 nitrogen and oxygen atoms in total. The van der Waals surface area contributed by atoms with Crippen LogP contribution in [0.3, 0.4) is 0 Å². The summed E-state index contributed by atoms with van der Waals surface area (Å²) in [5.74, 6) is 0.654. The van der Waals surface area contributed by atoms with Crippen LogP contribution in [0.15, 0.2) is 53.6 Å². The lowest BCUT2D eigenvalue weighted by molar-refractivity contribution is -0.386. The third-order valence-electron chi connectivity index (χ3n) is 4.56. The minimum atomic E-state index is -0.410. The molecule has 1 aromatic heterocycles. The van der Waals surface area contributed by atoms with Crippen molar-refractivity contribution in [2.75, 3.05) is 12.4 Å². The highest BCUT2D eigenvalue weighted by molar-refractivity contribution is 7.80. The van der Waals surface area contributed by atoms with Crippen LogP contribution in [0, 0.1) is 24.0 Å².